The molecule has 2 saturated heterocycles. The fraction of sp³-hybridized carbons (Fsp3) is 0.474. The lowest BCUT2D eigenvalue weighted by atomic mass is 10.2. The molecule has 0 bridgehead atoms. The van der Waals surface area contributed by atoms with E-state index in [1.807, 2.05) is 4.90 Å². The number of rotatable bonds is 4. The predicted molar refractivity (Wildman–Crippen MR) is 102 cm³/mol. The highest BCUT2D eigenvalue weighted by atomic mass is 16.5. The highest BCUT2D eigenvalue weighted by Gasteiger charge is 2.24. The molecule has 1 amide bonds. The van der Waals surface area contributed by atoms with Crippen LogP contribution in [0.5, 0.6) is 5.88 Å². The Balaban J connectivity index is 1.40. The topological polar surface area (TPSA) is 74.7 Å². The number of hydrogen-bond donors (Lipinski definition) is 0. The predicted octanol–water partition coefficient (Wildman–Crippen LogP) is 1.44. The van der Waals surface area contributed by atoms with Crippen molar-refractivity contribution in [3.05, 3.63) is 36.3 Å². The number of carbonyl (C=O) groups is 1. The summed E-state index contributed by atoms with van der Waals surface area (Å²) in [6, 6.07) is 5.47. The molecule has 0 spiro atoms. The Labute approximate surface area is 158 Å². The summed E-state index contributed by atoms with van der Waals surface area (Å²) >= 11 is 0. The van der Waals surface area contributed by atoms with Gasteiger partial charge < -0.3 is 19.4 Å². The van der Waals surface area contributed by atoms with Crippen molar-refractivity contribution in [1.82, 2.24) is 19.9 Å². The Hall–Kier alpha value is -2.90. The molecule has 2 fully saturated rings. The minimum Gasteiger partial charge on any atom is -0.481 e. The number of anilines is 2. The average molecular weight is 368 g/mol. The first-order chi connectivity index (χ1) is 13.2. The van der Waals surface area contributed by atoms with Gasteiger partial charge in [-0.05, 0) is 18.9 Å². The minimum absolute atomic E-state index is 0.00999. The van der Waals surface area contributed by atoms with E-state index in [-0.39, 0.29) is 5.91 Å². The third-order valence-electron chi connectivity index (χ3n) is 5.15. The monoisotopic (exact) mass is 368 g/mol. The van der Waals surface area contributed by atoms with Crippen LogP contribution in [0.4, 0.5) is 11.6 Å². The maximum Gasteiger partial charge on any atom is 0.254 e. The van der Waals surface area contributed by atoms with Crippen LogP contribution < -0.4 is 14.5 Å². The molecule has 2 aliphatic rings. The SMILES string of the molecule is COc1cc(C(=O)N2CCN(c3cc(N4CCCC4)ncn3)CC2)ccn1. The Morgan fingerprint density at radius 3 is 2.26 bits per heavy atom. The Morgan fingerprint density at radius 1 is 0.926 bits per heavy atom. The molecule has 27 heavy (non-hydrogen) atoms. The van der Waals surface area contributed by atoms with Gasteiger partial charge in [-0.2, -0.15) is 0 Å². The van der Waals surface area contributed by atoms with Gasteiger partial charge in [-0.1, -0.05) is 0 Å². The molecule has 0 aromatic carbocycles. The maximum atomic E-state index is 12.7. The summed E-state index contributed by atoms with van der Waals surface area (Å²) in [6.07, 6.45) is 5.69. The lowest BCUT2D eigenvalue weighted by Gasteiger charge is -2.35. The second kappa shape index (κ2) is 7.77. The van der Waals surface area contributed by atoms with Gasteiger partial charge in [-0.3, -0.25) is 4.79 Å². The fourth-order valence-electron chi connectivity index (χ4n) is 3.60. The summed E-state index contributed by atoms with van der Waals surface area (Å²) in [5.41, 5.74) is 0.605. The molecule has 0 unspecified atom stereocenters. The van der Waals surface area contributed by atoms with Crippen LogP contribution in [0.25, 0.3) is 0 Å². The van der Waals surface area contributed by atoms with Crippen LogP contribution in [-0.4, -0.2) is 72.1 Å². The molecular formula is C19H24N6O2. The van der Waals surface area contributed by atoms with Crippen molar-refractivity contribution in [1.29, 1.82) is 0 Å². The van der Waals surface area contributed by atoms with Gasteiger partial charge >= 0.3 is 0 Å². The van der Waals surface area contributed by atoms with E-state index in [2.05, 4.69) is 30.8 Å². The molecule has 0 saturated carbocycles. The Kier molecular flexibility index (Phi) is 5.04. The lowest BCUT2D eigenvalue weighted by Crippen LogP contribution is -2.49. The van der Waals surface area contributed by atoms with Crippen LogP contribution in [0.2, 0.25) is 0 Å². The van der Waals surface area contributed by atoms with E-state index in [1.54, 1.807) is 31.8 Å². The second-order valence-corrected chi connectivity index (χ2v) is 6.79. The summed E-state index contributed by atoms with van der Waals surface area (Å²) in [4.78, 5) is 32.1. The van der Waals surface area contributed by atoms with Gasteiger partial charge in [-0.25, -0.2) is 15.0 Å². The zero-order valence-corrected chi connectivity index (χ0v) is 15.5. The second-order valence-electron chi connectivity index (χ2n) is 6.79. The van der Waals surface area contributed by atoms with Crippen molar-refractivity contribution in [2.24, 2.45) is 0 Å². The molecule has 8 heteroatoms. The van der Waals surface area contributed by atoms with Gasteiger partial charge in [-0.15, -0.1) is 0 Å². The van der Waals surface area contributed by atoms with E-state index >= 15 is 0 Å². The largest absolute Gasteiger partial charge is 0.481 e. The van der Waals surface area contributed by atoms with E-state index in [0.717, 1.165) is 37.8 Å². The summed E-state index contributed by atoms with van der Waals surface area (Å²) in [5.74, 6) is 2.40. The first-order valence-corrected chi connectivity index (χ1v) is 9.36. The molecule has 2 aromatic heterocycles. The molecular weight excluding hydrogens is 344 g/mol. The van der Waals surface area contributed by atoms with Gasteiger partial charge in [0, 0.05) is 63.2 Å². The molecule has 0 radical (unpaired) electrons. The fourth-order valence-corrected chi connectivity index (χ4v) is 3.60. The zero-order valence-electron chi connectivity index (χ0n) is 15.5. The van der Waals surface area contributed by atoms with Crippen molar-refractivity contribution in [3.8, 4) is 5.88 Å². The molecule has 2 aromatic rings. The number of aromatic nitrogens is 3. The number of methoxy groups -OCH3 is 1. The first kappa shape index (κ1) is 17.5. The van der Waals surface area contributed by atoms with E-state index in [4.69, 9.17) is 4.74 Å². The number of amides is 1. The molecule has 2 aliphatic heterocycles. The number of ether oxygens (including phenoxy) is 1. The third kappa shape index (κ3) is 3.79. The van der Waals surface area contributed by atoms with Crippen LogP contribution in [0.15, 0.2) is 30.7 Å². The molecule has 0 atom stereocenters. The first-order valence-electron chi connectivity index (χ1n) is 9.36. The summed E-state index contributed by atoms with van der Waals surface area (Å²) in [7, 11) is 1.55. The quantitative estimate of drug-likeness (QED) is 0.808. The number of nitrogens with zero attached hydrogens (tertiary/aromatic N) is 6. The highest BCUT2D eigenvalue weighted by Crippen LogP contribution is 2.22. The lowest BCUT2D eigenvalue weighted by molar-refractivity contribution is 0.0746. The van der Waals surface area contributed by atoms with E-state index in [9.17, 15) is 4.79 Å². The van der Waals surface area contributed by atoms with Gasteiger partial charge in [0.05, 0.1) is 7.11 Å². The van der Waals surface area contributed by atoms with E-state index < -0.39 is 0 Å². The maximum absolute atomic E-state index is 12.7. The van der Waals surface area contributed by atoms with Gasteiger partial charge in [0.2, 0.25) is 5.88 Å². The van der Waals surface area contributed by atoms with Gasteiger partial charge in [0.15, 0.2) is 0 Å². The summed E-state index contributed by atoms with van der Waals surface area (Å²) in [5, 5.41) is 0. The van der Waals surface area contributed by atoms with Crippen molar-refractivity contribution < 1.29 is 9.53 Å². The minimum atomic E-state index is 0.00999. The molecule has 142 valence electrons. The average Bonchev–Trinajstić information content (AvgIpc) is 3.28. The van der Waals surface area contributed by atoms with Crippen LogP contribution in [-0.2, 0) is 0 Å². The smallest absolute Gasteiger partial charge is 0.254 e. The highest BCUT2D eigenvalue weighted by molar-refractivity contribution is 5.94. The Bertz CT molecular complexity index is 800. The molecule has 0 aliphatic carbocycles. The van der Waals surface area contributed by atoms with E-state index in [0.29, 0.717) is 24.5 Å². The van der Waals surface area contributed by atoms with Crippen molar-refractivity contribution in [3.63, 3.8) is 0 Å². The molecule has 4 heterocycles. The number of carbonyl (C=O) groups excluding carboxylic acids is 1. The van der Waals surface area contributed by atoms with Crippen molar-refractivity contribution in [2.45, 2.75) is 12.8 Å². The van der Waals surface area contributed by atoms with Crippen LogP contribution in [0.1, 0.15) is 23.2 Å². The number of piperazine rings is 1. The number of hydrogen-bond acceptors (Lipinski definition) is 7. The summed E-state index contributed by atoms with van der Waals surface area (Å²) in [6.45, 7) is 4.95. The third-order valence-corrected chi connectivity index (χ3v) is 5.15. The standard InChI is InChI=1S/C19H24N6O2/c1-27-18-12-15(4-5-20-18)19(26)25-10-8-24(9-11-25)17-13-16(21-14-22-17)23-6-2-3-7-23/h4-5,12-14H,2-3,6-11H2,1H3. The summed E-state index contributed by atoms with van der Waals surface area (Å²) < 4.78 is 5.11. The number of pyridine rings is 1. The molecule has 8 nitrogen and oxygen atoms in total. The van der Waals surface area contributed by atoms with Gasteiger partial charge in [0.1, 0.15) is 18.0 Å². The molecule has 0 N–H and O–H groups in total. The van der Waals surface area contributed by atoms with Crippen LogP contribution >= 0.6 is 0 Å². The van der Waals surface area contributed by atoms with E-state index in [1.165, 1.54) is 12.8 Å². The molecule has 4 rings (SSSR count). The van der Waals surface area contributed by atoms with Crippen LogP contribution in [0, 0.1) is 0 Å². The Morgan fingerprint density at radius 2 is 1.59 bits per heavy atom. The van der Waals surface area contributed by atoms with Crippen molar-refractivity contribution in [2.75, 3.05) is 56.2 Å². The normalized spacial score (nSPS) is 17.3. The van der Waals surface area contributed by atoms with Crippen LogP contribution in [0.3, 0.4) is 0 Å². The van der Waals surface area contributed by atoms with Gasteiger partial charge in [0.25, 0.3) is 5.91 Å². The zero-order chi connectivity index (χ0) is 18.6. The van der Waals surface area contributed by atoms with Crippen molar-refractivity contribution >= 4 is 17.5 Å².